The minimum absolute atomic E-state index is 0.241. The van der Waals surface area contributed by atoms with Crippen LogP contribution < -0.4 is 5.32 Å². The topological polar surface area (TPSA) is 100 Å². The van der Waals surface area contributed by atoms with Crippen LogP contribution in [0.25, 0.3) is 17.0 Å². The SMILES string of the molecule is N#CCCn1cccc1-c1nc2cnccn2c1Nc1ccc2c(c1)CCC2N=O. The molecule has 148 valence electrons. The Morgan fingerprint density at radius 2 is 2.23 bits per heavy atom. The molecule has 0 bridgehead atoms. The highest BCUT2D eigenvalue weighted by Crippen LogP contribution is 2.37. The number of anilines is 2. The molecular formula is C22H19N7O. The van der Waals surface area contributed by atoms with Gasteiger partial charge in [0.2, 0.25) is 0 Å². The summed E-state index contributed by atoms with van der Waals surface area (Å²) in [7, 11) is 0. The highest BCUT2D eigenvalue weighted by molar-refractivity contribution is 5.78. The van der Waals surface area contributed by atoms with E-state index in [1.165, 1.54) is 0 Å². The number of nitriles is 1. The molecule has 1 atom stereocenters. The third-order valence-corrected chi connectivity index (χ3v) is 5.55. The van der Waals surface area contributed by atoms with Gasteiger partial charge in [-0.25, -0.2) is 4.98 Å². The summed E-state index contributed by atoms with van der Waals surface area (Å²) in [6, 6.07) is 12.0. The summed E-state index contributed by atoms with van der Waals surface area (Å²) in [4.78, 5) is 20.0. The predicted molar refractivity (Wildman–Crippen MR) is 113 cm³/mol. The van der Waals surface area contributed by atoms with Gasteiger partial charge >= 0.3 is 0 Å². The molecule has 5 rings (SSSR count). The Kier molecular flexibility index (Phi) is 4.48. The van der Waals surface area contributed by atoms with Crippen molar-refractivity contribution in [3.8, 4) is 17.5 Å². The Labute approximate surface area is 172 Å². The molecular weight excluding hydrogens is 378 g/mol. The number of hydrogen-bond acceptors (Lipinski definition) is 6. The number of fused-ring (bicyclic) bond motifs is 2. The van der Waals surface area contributed by atoms with Crippen LogP contribution in [0.3, 0.4) is 0 Å². The van der Waals surface area contributed by atoms with Gasteiger partial charge in [-0.1, -0.05) is 11.2 Å². The molecule has 0 radical (unpaired) electrons. The first kappa shape index (κ1) is 18.1. The van der Waals surface area contributed by atoms with Crippen molar-refractivity contribution in [1.29, 1.82) is 5.26 Å². The number of aromatic nitrogens is 4. The Morgan fingerprint density at radius 1 is 1.30 bits per heavy atom. The average molecular weight is 397 g/mol. The molecule has 0 amide bonds. The van der Waals surface area contributed by atoms with Crippen LogP contribution in [0, 0.1) is 16.2 Å². The van der Waals surface area contributed by atoms with Crippen molar-refractivity contribution in [1.82, 2.24) is 18.9 Å². The summed E-state index contributed by atoms with van der Waals surface area (Å²) >= 11 is 0. The zero-order valence-electron chi connectivity index (χ0n) is 16.2. The first-order valence-electron chi connectivity index (χ1n) is 9.85. The van der Waals surface area contributed by atoms with Crippen molar-refractivity contribution < 1.29 is 0 Å². The van der Waals surface area contributed by atoms with Crippen molar-refractivity contribution in [3.63, 3.8) is 0 Å². The lowest BCUT2D eigenvalue weighted by atomic mass is 10.1. The summed E-state index contributed by atoms with van der Waals surface area (Å²) in [5.74, 6) is 0.826. The second kappa shape index (κ2) is 7.44. The smallest absolute Gasteiger partial charge is 0.157 e. The van der Waals surface area contributed by atoms with Crippen LogP contribution in [-0.4, -0.2) is 18.9 Å². The van der Waals surface area contributed by atoms with Gasteiger partial charge in [0.25, 0.3) is 0 Å². The molecule has 30 heavy (non-hydrogen) atoms. The first-order chi connectivity index (χ1) is 14.8. The van der Waals surface area contributed by atoms with Gasteiger partial charge in [0.1, 0.15) is 17.6 Å². The van der Waals surface area contributed by atoms with Crippen molar-refractivity contribution in [2.24, 2.45) is 5.18 Å². The molecule has 0 spiro atoms. The number of rotatable bonds is 6. The Balaban J connectivity index is 1.58. The maximum Gasteiger partial charge on any atom is 0.157 e. The van der Waals surface area contributed by atoms with E-state index < -0.39 is 0 Å². The van der Waals surface area contributed by atoms with Gasteiger partial charge in [-0.15, -0.1) is 0 Å². The van der Waals surface area contributed by atoms with Crippen LogP contribution in [0.5, 0.6) is 0 Å². The number of nitrogens with one attached hydrogen (secondary N) is 1. The Morgan fingerprint density at radius 3 is 3.10 bits per heavy atom. The number of nitroso groups, excluding NO2 is 1. The van der Waals surface area contributed by atoms with Gasteiger partial charge in [-0.2, -0.15) is 10.2 Å². The fourth-order valence-electron chi connectivity index (χ4n) is 4.12. The predicted octanol–water partition coefficient (Wildman–Crippen LogP) is 4.61. The maximum absolute atomic E-state index is 11.0. The number of aryl methyl sites for hydroxylation is 2. The monoisotopic (exact) mass is 397 g/mol. The molecule has 0 saturated carbocycles. The zero-order valence-corrected chi connectivity index (χ0v) is 16.2. The molecule has 1 aliphatic carbocycles. The summed E-state index contributed by atoms with van der Waals surface area (Å²) in [6.45, 7) is 0.601. The minimum Gasteiger partial charge on any atom is -0.345 e. The molecule has 8 heteroatoms. The third-order valence-electron chi connectivity index (χ3n) is 5.55. The van der Waals surface area contributed by atoms with Crippen molar-refractivity contribution in [2.45, 2.75) is 31.8 Å². The molecule has 8 nitrogen and oxygen atoms in total. The summed E-state index contributed by atoms with van der Waals surface area (Å²) < 4.78 is 4.00. The van der Waals surface area contributed by atoms with Crippen molar-refractivity contribution in [3.05, 3.63) is 71.2 Å². The van der Waals surface area contributed by atoms with Gasteiger partial charge < -0.3 is 9.88 Å². The van der Waals surface area contributed by atoms with Gasteiger partial charge in [0, 0.05) is 30.8 Å². The van der Waals surface area contributed by atoms with Crippen LogP contribution in [0.1, 0.15) is 30.0 Å². The fraction of sp³-hybridized carbons (Fsp3) is 0.227. The van der Waals surface area contributed by atoms with Crippen molar-refractivity contribution in [2.75, 3.05) is 5.32 Å². The van der Waals surface area contributed by atoms with Crippen LogP contribution in [-0.2, 0) is 13.0 Å². The zero-order chi connectivity index (χ0) is 20.5. The second-order valence-corrected chi connectivity index (χ2v) is 7.31. The Hall–Kier alpha value is -3.99. The highest BCUT2D eigenvalue weighted by Gasteiger charge is 2.24. The molecule has 0 aliphatic heterocycles. The largest absolute Gasteiger partial charge is 0.345 e. The Bertz CT molecular complexity index is 1280. The van der Waals surface area contributed by atoms with E-state index in [0.717, 1.165) is 52.5 Å². The van der Waals surface area contributed by atoms with Crippen LogP contribution in [0.15, 0.2) is 60.3 Å². The number of nitrogens with zero attached hydrogens (tertiary/aromatic N) is 6. The molecule has 3 aromatic heterocycles. The lowest BCUT2D eigenvalue weighted by Crippen LogP contribution is -2.02. The molecule has 1 aliphatic rings. The van der Waals surface area contributed by atoms with E-state index in [0.29, 0.717) is 13.0 Å². The van der Waals surface area contributed by atoms with Crippen LogP contribution in [0.4, 0.5) is 11.5 Å². The third kappa shape index (κ3) is 3.01. The number of hydrogen-bond donors (Lipinski definition) is 1. The van der Waals surface area contributed by atoms with Gasteiger partial charge in [0.15, 0.2) is 5.65 Å². The van der Waals surface area contributed by atoms with E-state index in [-0.39, 0.29) is 6.04 Å². The van der Waals surface area contributed by atoms with Crippen LogP contribution >= 0.6 is 0 Å². The highest BCUT2D eigenvalue weighted by atomic mass is 16.3. The molecule has 0 fully saturated rings. The van der Waals surface area contributed by atoms with E-state index in [4.69, 9.17) is 10.2 Å². The molecule has 1 unspecified atom stereocenters. The van der Waals surface area contributed by atoms with E-state index in [9.17, 15) is 4.91 Å². The quantitative estimate of drug-likeness (QED) is 0.479. The average Bonchev–Trinajstić information content (AvgIpc) is 3.49. The molecule has 0 saturated heterocycles. The van der Waals surface area contributed by atoms with Gasteiger partial charge in [-0.3, -0.25) is 9.38 Å². The lowest BCUT2D eigenvalue weighted by Gasteiger charge is -2.12. The van der Waals surface area contributed by atoms with E-state index in [1.54, 1.807) is 12.4 Å². The lowest BCUT2D eigenvalue weighted by molar-refractivity contribution is 0.710. The van der Waals surface area contributed by atoms with Gasteiger partial charge in [-0.05, 0) is 48.2 Å². The first-order valence-corrected chi connectivity index (χ1v) is 9.85. The van der Waals surface area contributed by atoms with E-state index in [1.807, 2.05) is 45.6 Å². The molecule has 1 aromatic carbocycles. The minimum atomic E-state index is -0.241. The normalized spacial score (nSPS) is 15.1. The summed E-state index contributed by atoms with van der Waals surface area (Å²) in [6.07, 6.45) is 9.32. The second-order valence-electron chi connectivity index (χ2n) is 7.31. The molecule has 4 aromatic rings. The summed E-state index contributed by atoms with van der Waals surface area (Å²) in [5, 5.41) is 15.7. The van der Waals surface area contributed by atoms with Crippen molar-refractivity contribution >= 4 is 17.2 Å². The maximum atomic E-state index is 11.0. The van der Waals surface area contributed by atoms with Crippen LogP contribution in [0.2, 0.25) is 0 Å². The molecule has 1 N–H and O–H groups in total. The fourth-order valence-corrected chi connectivity index (χ4v) is 4.12. The standard InChI is InChI=1S/C22H19N7O/c23-8-2-11-28-10-1-3-19(28)21-22(29-12-9-24-14-20(29)26-21)25-16-5-6-17-15(13-16)4-7-18(17)27-30/h1,3,5-6,9-10,12-14,18,25H,2,4,7,11H2. The number of benzene rings is 1. The van der Waals surface area contributed by atoms with E-state index in [2.05, 4.69) is 27.6 Å². The molecule has 3 heterocycles. The van der Waals surface area contributed by atoms with E-state index >= 15 is 0 Å². The van der Waals surface area contributed by atoms with Gasteiger partial charge in [0.05, 0.1) is 24.4 Å². The number of imidazole rings is 1. The summed E-state index contributed by atoms with van der Waals surface area (Å²) in [5.41, 5.74) is 5.55.